The van der Waals surface area contributed by atoms with Crippen molar-refractivity contribution in [1.82, 2.24) is 5.43 Å². The minimum atomic E-state index is 0.0268. The molecule has 1 aromatic rings. The van der Waals surface area contributed by atoms with Crippen molar-refractivity contribution in [3.63, 3.8) is 0 Å². The zero-order valence-corrected chi connectivity index (χ0v) is 11.2. The predicted molar refractivity (Wildman–Crippen MR) is 75.7 cm³/mol. The summed E-state index contributed by atoms with van der Waals surface area (Å²) in [4.78, 5) is 0. The fourth-order valence-electron chi connectivity index (χ4n) is 1.31. The molecule has 0 unspecified atom stereocenters. The van der Waals surface area contributed by atoms with Crippen LogP contribution in [0.1, 0.15) is 26.3 Å². The molecule has 0 saturated heterocycles. The Labute approximate surface area is 104 Å². The molecule has 0 aliphatic heterocycles. The number of aryl methyl sites for hydroxylation is 1. The molecule has 0 spiro atoms. The van der Waals surface area contributed by atoms with E-state index in [1.165, 1.54) is 5.56 Å². The van der Waals surface area contributed by atoms with Crippen LogP contribution in [-0.2, 0) is 0 Å². The largest absolute Gasteiger partial charge is 0.301 e. The lowest BCUT2D eigenvalue weighted by atomic mass is 9.86. The van der Waals surface area contributed by atoms with Gasteiger partial charge in [0.05, 0.1) is 5.69 Å². The average molecular weight is 230 g/mol. The summed E-state index contributed by atoms with van der Waals surface area (Å²) in [6, 6.07) is 8.17. The van der Waals surface area contributed by atoms with Crippen LogP contribution in [-0.4, -0.2) is 0 Å². The molecule has 0 atom stereocenters. The zero-order chi connectivity index (χ0) is 13.1. The van der Waals surface area contributed by atoms with Gasteiger partial charge in [0.15, 0.2) is 0 Å². The number of hydrogen-bond acceptors (Lipinski definition) is 2. The van der Waals surface area contributed by atoms with E-state index in [1.54, 1.807) is 0 Å². The lowest BCUT2D eigenvalue weighted by Gasteiger charge is -2.24. The third kappa shape index (κ3) is 3.99. The minimum absolute atomic E-state index is 0.0268. The molecule has 0 amide bonds. The summed E-state index contributed by atoms with van der Waals surface area (Å²) in [7, 11) is 0. The number of rotatable bonds is 4. The molecule has 0 saturated carbocycles. The van der Waals surface area contributed by atoms with Crippen LogP contribution >= 0.6 is 0 Å². The van der Waals surface area contributed by atoms with E-state index >= 15 is 0 Å². The maximum absolute atomic E-state index is 4.05. The molecule has 92 valence electrons. The van der Waals surface area contributed by atoms with Gasteiger partial charge in [-0.15, -0.1) is 0 Å². The number of nitrogens with one attached hydrogen (secondary N) is 2. The van der Waals surface area contributed by atoms with Gasteiger partial charge in [-0.1, -0.05) is 51.6 Å². The van der Waals surface area contributed by atoms with Crippen LogP contribution in [0, 0.1) is 12.3 Å². The lowest BCUT2D eigenvalue weighted by Crippen LogP contribution is -2.25. The standard InChI is InChI=1S/C15H22N2/c1-11-7-9-14(10-8-11)17-16-13(3)12(2)15(4,5)6/h7-10,16-17H,2-3H2,1,4-6H3. The highest BCUT2D eigenvalue weighted by molar-refractivity contribution is 5.45. The van der Waals surface area contributed by atoms with E-state index in [0.29, 0.717) is 0 Å². The van der Waals surface area contributed by atoms with Crippen LogP contribution in [0.25, 0.3) is 0 Å². The summed E-state index contributed by atoms with van der Waals surface area (Å²) >= 11 is 0. The van der Waals surface area contributed by atoms with Crippen molar-refractivity contribution in [1.29, 1.82) is 0 Å². The molecule has 0 aliphatic carbocycles. The molecule has 2 N–H and O–H groups in total. The van der Waals surface area contributed by atoms with Crippen LogP contribution < -0.4 is 10.9 Å². The predicted octanol–water partition coefficient (Wildman–Crippen LogP) is 4.03. The van der Waals surface area contributed by atoms with Gasteiger partial charge in [0.2, 0.25) is 0 Å². The van der Waals surface area contributed by atoms with Crippen LogP contribution in [0.4, 0.5) is 5.69 Å². The van der Waals surface area contributed by atoms with Crippen molar-refractivity contribution in [3.05, 3.63) is 54.3 Å². The molecule has 0 radical (unpaired) electrons. The second-order valence-corrected chi connectivity index (χ2v) is 5.32. The van der Waals surface area contributed by atoms with E-state index < -0.39 is 0 Å². The van der Waals surface area contributed by atoms with Crippen molar-refractivity contribution in [2.75, 3.05) is 5.43 Å². The minimum Gasteiger partial charge on any atom is -0.301 e. The van der Waals surface area contributed by atoms with Gasteiger partial charge in [-0.3, -0.25) is 0 Å². The molecule has 0 heterocycles. The van der Waals surface area contributed by atoms with E-state index in [0.717, 1.165) is 17.0 Å². The Hall–Kier alpha value is -1.70. The first-order chi connectivity index (χ1) is 7.80. The van der Waals surface area contributed by atoms with E-state index in [9.17, 15) is 0 Å². The Kier molecular flexibility index (Phi) is 4.00. The summed E-state index contributed by atoms with van der Waals surface area (Å²) in [6.45, 7) is 16.5. The summed E-state index contributed by atoms with van der Waals surface area (Å²) in [6.07, 6.45) is 0. The molecular formula is C15H22N2. The van der Waals surface area contributed by atoms with Gasteiger partial charge < -0.3 is 10.9 Å². The maximum atomic E-state index is 4.05. The summed E-state index contributed by atoms with van der Waals surface area (Å²) in [5.74, 6) is 0. The van der Waals surface area contributed by atoms with Crippen LogP contribution in [0.5, 0.6) is 0 Å². The van der Waals surface area contributed by atoms with Gasteiger partial charge in [0, 0.05) is 5.70 Å². The lowest BCUT2D eigenvalue weighted by molar-refractivity contribution is 0.506. The van der Waals surface area contributed by atoms with Gasteiger partial charge in [0.1, 0.15) is 0 Å². The number of benzene rings is 1. The first kappa shape index (κ1) is 13.4. The molecule has 2 nitrogen and oxygen atoms in total. The van der Waals surface area contributed by atoms with Gasteiger partial charge >= 0.3 is 0 Å². The Morgan fingerprint density at radius 3 is 2.06 bits per heavy atom. The molecule has 1 aromatic carbocycles. The van der Waals surface area contributed by atoms with Gasteiger partial charge in [0.25, 0.3) is 0 Å². The van der Waals surface area contributed by atoms with Crippen molar-refractivity contribution < 1.29 is 0 Å². The second-order valence-electron chi connectivity index (χ2n) is 5.32. The highest BCUT2D eigenvalue weighted by atomic mass is 15.4. The highest BCUT2D eigenvalue weighted by Crippen LogP contribution is 2.27. The monoisotopic (exact) mass is 230 g/mol. The number of allylic oxidation sites excluding steroid dienone is 1. The summed E-state index contributed by atoms with van der Waals surface area (Å²) in [5.41, 5.74) is 10.3. The Bertz CT molecular complexity index is 408. The Morgan fingerprint density at radius 2 is 1.59 bits per heavy atom. The first-order valence-electron chi connectivity index (χ1n) is 5.78. The van der Waals surface area contributed by atoms with Crippen molar-refractivity contribution in [2.45, 2.75) is 27.7 Å². The molecular weight excluding hydrogens is 208 g/mol. The topological polar surface area (TPSA) is 24.1 Å². The molecule has 0 aromatic heterocycles. The fourth-order valence-corrected chi connectivity index (χ4v) is 1.31. The molecule has 2 heteroatoms. The van der Waals surface area contributed by atoms with Gasteiger partial charge in [-0.25, -0.2) is 0 Å². The molecule has 0 fully saturated rings. The fraction of sp³-hybridized carbons (Fsp3) is 0.333. The normalized spacial score (nSPS) is 10.8. The van der Waals surface area contributed by atoms with E-state index in [-0.39, 0.29) is 5.41 Å². The number of hydrazine groups is 1. The van der Waals surface area contributed by atoms with Crippen molar-refractivity contribution in [3.8, 4) is 0 Å². The summed E-state index contributed by atoms with van der Waals surface area (Å²) < 4.78 is 0. The summed E-state index contributed by atoms with van der Waals surface area (Å²) in [5, 5.41) is 0. The maximum Gasteiger partial charge on any atom is 0.0540 e. The van der Waals surface area contributed by atoms with Crippen molar-refractivity contribution >= 4 is 5.69 Å². The Balaban J connectivity index is 2.54. The van der Waals surface area contributed by atoms with Crippen LogP contribution in [0.2, 0.25) is 0 Å². The molecule has 17 heavy (non-hydrogen) atoms. The quantitative estimate of drug-likeness (QED) is 0.603. The average Bonchev–Trinajstić information content (AvgIpc) is 2.25. The van der Waals surface area contributed by atoms with Gasteiger partial charge in [-0.2, -0.15) is 0 Å². The molecule has 1 rings (SSSR count). The van der Waals surface area contributed by atoms with Crippen LogP contribution in [0.15, 0.2) is 48.7 Å². The van der Waals surface area contributed by atoms with Gasteiger partial charge in [-0.05, 0) is 30.0 Å². The number of anilines is 1. The van der Waals surface area contributed by atoms with E-state index in [2.05, 4.69) is 63.8 Å². The highest BCUT2D eigenvalue weighted by Gasteiger charge is 2.17. The van der Waals surface area contributed by atoms with E-state index in [1.807, 2.05) is 12.1 Å². The SMILES string of the molecule is C=C(NNc1ccc(C)cc1)C(=C)C(C)(C)C. The number of hydrogen-bond donors (Lipinski definition) is 2. The van der Waals surface area contributed by atoms with Crippen molar-refractivity contribution in [2.24, 2.45) is 5.41 Å². The molecule has 0 bridgehead atoms. The third-order valence-electron chi connectivity index (χ3n) is 2.68. The second kappa shape index (κ2) is 5.09. The zero-order valence-electron chi connectivity index (χ0n) is 11.2. The van der Waals surface area contributed by atoms with E-state index in [4.69, 9.17) is 0 Å². The Morgan fingerprint density at radius 1 is 1.06 bits per heavy atom. The van der Waals surface area contributed by atoms with Crippen LogP contribution in [0.3, 0.4) is 0 Å². The third-order valence-corrected chi connectivity index (χ3v) is 2.68. The first-order valence-corrected chi connectivity index (χ1v) is 5.78. The molecule has 0 aliphatic rings. The smallest absolute Gasteiger partial charge is 0.0540 e.